The summed E-state index contributed by atoms with van der Waals surface area (Å²) in [6.45, 7) is 2.58. The van der Waals surface area contributed by atoms with Gasteiger partial charge in [-0.05, 0) is 24.1 Å². The van der Waals surface area contributed by atoms with E-state index in [1.165, 1.54) is 12.1 Å². The number of rotatable bonds is 5. The second kappa shape index (κ2) is 7.00. The fourth-order valence-corrected chi connectivity index (χ4v) is 2.19. The largest absolute Gasteiger partial charge is 0.351 e. The van der Waals surface area contributed by atoms with Gasteiger partial charge in [0.1, 0.15) is 5.82 Å². The molecule has 0 aliphatic carbocycles. The Hall–Kier alpha value is -1.95. The number of carbonyl (C=O) groups excluding carboxylic acids is 2. The van der Waals surface area contributed by atoms with Crippen LogP contribution in [0.5, 0.6) is 0 Å². The lowest BCUT2D eigenvalue weighted by Gasteiger charge is -2.22. The van der Waals surface area contributed by atoms with Crippen LogP contribution in [0.2, 0.25) is 0 Å². The first-order valence-electron chi connectivity index (χ1n) is 6.75. The maximum absolute atomic E-state index is 12.7. The van der Waals surface area contributed by atoms with Crippen LogP contribution >= 0.6 is 0 Å². The van der Waals surface area contributed by atoms with Crippen LogP contribution in [-0.4, -0.2) is 44.5 Å². The zero-order valence-electron chi connectivity index (χ0n) is 11.2. The lowest BCUT2D eigenvalue weighted by atomic mass is 10.1. The van der Waals surface area contributed by atoms with Crippen molar-refractivity contribution in [2.75, 3.05) is 32.7 Å². The van der Waals surface area contributed by atoms with Crippen molar-refractivity contribution >= 4 is 11.8 Å². The minimum absolute atomic E-state index is 0.00892. The summed E-state index contributed by atoms with van der Waals surface area (Å²) < 4.78 is 12.7. The Labute approximate surface area is 117 Å². The molecule has 1 fully saturated rings. The summed E-state index contributed by atoms with van der Waals surface area (Å²) in [6, 6.07) is 6.24. The zero-order valence-corrected chi connectivity index (χ0v) is 11.2. The van der Waals surface area contributed by atoms with Crippen LogP contribution in [-0.2, 0) is 16.0 Å². The maximum atomic E-state index is 12.7. The number of piperazine rings is 1. The Kier molecular flexibility index (Phi) is 5.06. The smallest absolute Gasteiger partial charge is 0.275 e. The molecular weight excluding hydrogens is 261 g/mol. The number of quaternary nitrogens is 1. The van der Waals surface area contributed by atoms with Crippen molar-refractivity contribution in [3.63, 3.8) is 0 Å². The molecule has 1 atom stereocenters. The monoisotopic (exact) mass is 280 g/mol. The summed E-state index contributed by atoms with van der Waals surface area (Å²) in [6.07, 6.45) is 0.668. The molecule has 3 N–H and O–H groups in total. The van der Waals surface area contributed by atoms with Crippen molar-refractivity contribution < 1.29 is 18.9 Å². The van der Waals surface area contributed by atoms with Crippen molar-refractivity contribution in [1.29, 1.82) is 0 Å². The van der Waals surface area contributed by atoms with Gasteiger partial charge >= 0.3 is 0 Å². The van der Waals surface area contributed by atoms with E-state index < -0.39 is 0 Å². The Morgan fingerprint density at radius 2 is 2.10 bits per heavy atom. The van der Waals surface area contributed by atoms with E-state index in [-0.39, 0.29) is 17.6 Å². The molecule has 0 bridgehead atoms. The van der Waals surface area contributed by atoms with Crippen molar-refractivity contribution in [1.82, 2.24) is 10.6 Å². The minimum atomic E-state index is -0.259. The highest BCUT2D eigenvalue weighted by Crippen LogP contribution is 2.02. The van der Waals surface area contributed by atoms with Crippen molar-refractivity contribution in [2.45, 2.75) is 6.42 Å². The topological polar surface area (TPSA) is 62.6 Å². The van der Waals surface area contributed by atoms with Crippen molar-refractivity contribution in [3.8, 4) is 0 Å². The molecule has 1 aliphatic rings. The van der Waals surface area contributed by atoms with Gasteiger partial charge in [0.2, 0.25) is 0 Å². The van der Waals surface area contributed by atoms with Gasteiger partial charge in [-0.2, -0.15) is 0 Å². The van der Waals surface area contributed by atoms with E-state index in [1.807, 2.05) is 0 Å². The highest BCUT2D eigenvalue weighted by atomic mass is 19.1. The van der Waals surface area contributed by atoms with E-state index in [0.717, 1.165) is 17.0 Å². The molecule has 0 radical (unpaired) electrons. The number of benzene rings is 1. The molecule has 1 unspecified atom stereocenters. The van der Waals surface area contributed by atoms with Crippen molar-refractivity contribution in [3.05, 3.63) is 35.6 Å². The summed E-state index contributed by atoms with van der Waals surface area (Å²) in [7, 11) is 0. The van der Waals surface area contributed by atoms with Gasteiger partial charge in [-0.15, -0.1) is 0 Å². The van der Waals surface area contributed by atoms with Crippen LogP contribution in [0.15, 0.2) is 24.3 Å². The molecule has 108 valence electrons. The van der Waals surface area contributed by atoms with Crippen LogP contribution in [0.3, 0.4) is 0 Å². The number of carbonyl (C=O) groups is 2. The van der Waals surface area contributed by atoms with E-state index in [0.29, 0.717) is 32.6 Å². The predicted octanol–water partition coefficient (Wildman–Crippen LogP) is -1.50. The number of hydrogen-bond donors (Lipinski definition) is 3. The van der Waals surface area contributed by atoms with Gasteiger partial charge in [0.15, 0.2) is 13.1 Å². The Bertz CT molecular complexity index is 476. The minimum Gasteiger partial charge on any atom is -0.351 e. The van der Waals surface area contributed by atoms with Gasteiger partial charge in [-0.25, -0.2) is 4.39 Å². The molecule has 1 aliphatic heterocycles. The molecule has 1 aromatic rings. The van der Waals surface area contributed by atoms with Gasteiger partial charge in [-0.3, -0.25) is 9.59 Å². The lowest BCUT2D eigenvalue weighted by molar-refractivity contribution is -0.885. The molecule has 1 heterocycles. The van der Waals surface area contributed by atoms with Crippen LogP contribution in [0, 0.1) is 5.82 Å². The molecule has 0 aromatic heterocycles. The van der Waals surface area contributed by atoms with Crippen molar-refractivity contribution in [2.24, 2.45) is 0 Å². The number of halogens is 1. The molecule has 1 saturated heterocycles. The quantitative estimate of drug-likeness (QED) is 0.615. The molecular formula is C14H19FN3O2+. The van der Waals surface area contributed by atoms with Gasteiger partial charge in [-0.1, -0.05) is 12.1 Å². The lowest BCUT2D eigenvalue weighted by Crippen LogP contribution is -3.16. The van der Waals surface area contributed by atoms with E-state index >= 15 is 0 Å². The summed E-state index contributed by atoms with van der Waals surface area (Å²) in [4.78, 5) is 23.9. The first-order chi connectivity index (χ1) is 9.63. The van der Waals surface area contributed by atoms with E-state index in [4.69, 9.17) is 0 Å². The molecule has 20 heavy (non-hydrogen) atoms. The summed E-state index contributed by atoms with van der Waals surface area (Å²) in [5.74, 6) is -0.327. The van der Waals surface area contributed by atoms with Crippen LogP contribution < -0.4 is 15.5 Å². The highest BCUT2D eigenvalue weighted by Gasteiger charge is 2.21. The third-order valence-electron chi connectivity index (χ3n) is 3.27. The first kappa shape index (κ1) is 14.5. The number of amides is 2. The molecule has 2 amide bonds. The summed E-state index contributed by atoms with van der Waals surface area (Å²) in [5, 5.41) is 5.55. The van der Waals surface area contributed by atoms with Crippen LogP contribution in [0.4, 0.5) is 4.39 Å². The molecule has 0 saturated carbocycles. The second-order valence-electron chi connectivity index (χ2n) is 4.93. The zero-order chi connectivity index (χ0) is 14.4. The van der Waals surface area contributed by atoms with E-state index in [2.05, 4.69) is 10.6 Å². The standard InChI is InChI=1S/C14H18FN3O2/c15-12-3-1-11(2-4-12)5-6-16-13(19)9-18-8-7-17-14(20)10-18/h1-4H,5-10H2,(H,16,19)(H,17,20)/p+1. The molecule has 5 nitrogen and oxygen atoms in total. The Balaban J connectivity index is 1.67. The average molecular weight is 280 g/mol. The number of hydrogen-bond acceptors (Lipinski definition) is 2. The SMILES string of the molecule is O=C(C[NH+]1CCNC(=O)C1)NCCc1ccc(F)cc1. The Morgan fingerprint density at radius 3 is 2.80 bits per heavy atom. The third kappa shape index (κ3) is 4.62. The molecule has 6 heteroatoms. The van der Waals surface area contributed by atoms with Crippen LogP contribution in [0.25, 0.3) is 0 Å². The van der Waals surface area contributed by atoms with Gasteiger partial charge < -0.3 is 15.5 Å². The van der Waals surface area contributed by atoms with Gasteiger partial charge in [0, 0.05) is 6.54 Å². The third-order valence-corrected chi connectivity index (χ3v) is 3.27. The Morgan fingerprint density at radius 1 is 1.35 bits per heavy atom. The molecule has 2 rings (SSSR count). The predicted molar refractivity (Wildman–Crippen MR) is 71.7 cm³/mol. The summed E-state index contributed by atoms with van der Waals surface area (Å²) in [5.41, 5.74) is 0.983. The first-order valence-corrected chi connectivity index (χ1v) is 6.75. The maximum Gasteiger partial charge on any atom is 0.275 e. The van der Waals surface area contributed by atoms with Gasteiger partial charge in [0.05, 0.1) is 13.1 Å². The average Bonchev–Trinajstić information content (AvgIpc) is 2.41. The van der Waals surface area contributed by atoms with Crippen LogP contribution in [0.1, 0.15) is 5.56 Å². The number of nitrogens with one attached hydrogen (secondary N) is 3. The highest BCUT2D eigenvalue weighted by molar-refractivity contribution is 5.79. The molecule has 1 aromatic carbocycles. The molecule has 0 spiro atoms. The normalized spacial score (nSPS) is 18.4. The van der Waals surface area contributed by atoms with E-state index in [9.17, 15) is 14.0 Å². The van der Waals surface area contributed by atoms with E-state index in [1.54, 1.807) is 12.1 Å². The van der Waals surface area contributed by atoms with Gasteiger partial charge in [0.25, 0.3) is 11.8 Å². The fourth-order valence-electron chi connectivity index (χ4n) is 2.19. The summed E-state index contributed by atoms with van der Waals surface area (Å²) >= 11 is 0. The fraction of sp³-hybridized carbons (Fsp3) is 0.429. The second-order valence-corrected chi connectivity index (χ2v) is 4.93.